The van der Waals surface area contributed by atoms with Gasteiger partial charge in [0.15, 0.2) is 0 Å². The summed E-state index contributed by atoms with van der Waals surface area (Å²) in [5, 5.41) is 5.07. The van der Waals surface area contributed by atoms with Gasteiger partial charge >= 0.3 is 0 Å². The molecule has 0 unspecified atom stereocenters. The number of nitrogens with zero attached hydrogens (tertiary/aromatic N) is 3. The van der Waals surface area contributed by atoms with Gasteiger partial charge in [0, 0.05) is 13.6 Å². The molecule has 2 heterocycles. The van der Waals surface area contributed by atoms with Gasteiger partial charge in [-0.1, -0.05) is 24.4 Å². The van der Waals surface area contributed by atoms with Crippen molar-refractivity contribution < 1.29 is 4.79 Å². The van der Waals surface area contributed by atoms with Crippen molar-refractivity contribution in [3.05, 3.63) is 16.9 Å². The van der Waals surface area contributed by atoms with Crippen LogP contribution in [0.15, 0.2) is 6.20 Å². The molecule has 1 atom stereocenters. The van der Waals surface area contributed by atoms with Crippen LogP contribution in [0.2, 0.25) is 5.02 Å². The maximum absolute atomic E-state index is 14.0. The first-order valence-electron chi connectivity index (χ1n) is 10.5. The van der Waals surface area contributed by atoms with Gasteiger partial charge in [-0.25, -0.2) is 0 Å². The lowest BCUT2D eigenvalue weighted by atomic mass is 9.49. The van der Waals surface area contributed by atoms with E-state index in [1.807, 2.05) is 11.7 Å². The van der Waals surface area contributed by atoms with Crippen molar-refractivity contribution in [2.24, 2.45) is 30.2 Å². The van der Waals surface area contributed by atoms with E-state index in [0.717, 1.165) is 68.5 Å². The second-order valence-electron chi connectivity index (χ2n) is 9.56. The number of likely N-dealkylation sites (tertiary alicyclic amines) is 1. The highest BCUT2D eigenvalue weighted by Gasteiger charge is 2.56. The molecule has 4 bridgehead atoms. The van der Waals surface area contributed by atoms with Gasteiger partial charge < -0.3 is 4.90 Å². The number of carbonyl (C=O) groups excluding carboxylic acids is 1. The molecule has 1 aromatic heterocycles. The minimum absolute atomic E-state index is 0.0671. The van der Waals surface area contributed by atoms with Crippen LogP contribution in [-0.4, -0.2) is 27.1 Å². The topological polar surface area (TPSA) is 38.1 Å². The molecule has 0 N–H and O–H groups in total. The zero-order valence-electron chi connectivity index (χ0n) is 15.8. The van der Waals surface area contributed by atoms with Gasteiger partial charge in [-0.2, -0.15) is 5.10 Å². The standard InChI is InChI=1S/C21H30ClN3O/c1-24-19(17(22)13-23-24)18-5-3-2-4-6-25(18)20(26)21-10-14-7-15(11-21)9-16(8-14)12-21/h13-16,18H,2-12H2,1H3/t14?,15?,16?,18-,21?/m0/s1. The molecule has 1 aromatic rings. The van der Waals surface area contributed by atoms with E-state index in [1.165, 1.54) is 25.7 Å². The highest BCUT2D eigenvalue weighted by Crippen LogP contribution is 2.61. The number of halogens is 1. The molecular formula is C21H30ClN3O. The molecule has 0 spiro atoms. The number of amides is 1. The third kappa shape index (κ3) is 2.63. The molecule has 1 amide bonds. The van der Waals surface area contributed by atoms with E-state index in [2.05, 4.69) is 10.00 Å². The second-order valence-corrected chi connectivity index (χ2v) is 9.97. The highest BCUT2D eigenvalue weighted by molar-refractivity contribution is 6.31. The number of aryl methyl sites for hydroxylation is 1. The van der Waals surface area contributed by atoms with Gasteiger partial charge in [-0.3, -0.25) is 9.48 Å². The lowest BCUT2D eigenvalue weighted by Crippen LogP contribution is -2.55. The Morgan fingerprint density at radius 1 is 1.12 bits per heavy atom. The van der Waals surface area contributed by atoms with E-state index in [-0.39, 0.29) is 11.5 Å². The van der Waals surface area contributed by atoms with Crippen LogP contribution in [0.4, 0.5) is 0 Å². The van der Waals surface area contributed by atoms with Crippen molar-refractivity contribution in [2.45, 2.75) is 70.3 Å². The predicted molar refractivity (Wildman–Crippen MR) is 102 cm³/mol. The van der Waals surface area contributed by atoms with E-state index in [4.69, 9.17) is 11.6 Å². The second kappa shape index (κ2) is 6.25. The smallest absolute Gasteiger partial charge is 0.229 e. The molecule has 4 saturated carbocycles. The van der Waals surface area contributed by atoms with E-state index in [9.17, 15) is 4.79 Å². The first-order valence-corrected chi connectivity index (χ1v) is 10.9. The average Bonchev–Trinajstić information content (AvgIpc) is 2.80. The summed E-state index contributed by atoms with van der Waals surface area (Å²) < 4.78 is 1.89. The molecule has 6 rings (SSSR count). The van der Waals surface area contributed by atoms with Crippen LogP contribution in [-0.2, 0) is 11.8 Å². The molecule has 5 fully saturated rings. The zero-order valence-corrected chi connectivity index (χ0v) is 16.5. The van der Waals surface area contributed by atoms with Crippen LogP contribution < -0.4 is 0 Å². The summed E-state index contributed by atoms with van der Waals surface area (Å²) in [6.45, 7) is 0.882. The molecule has 142 valence electrons. The van der Waals surface area contributed by atoms with Crippen molar-refractivity contribution in [1.29, 1.82) is 0 Å². The van der Waals surface area contributed by atoms with Crippen LogP contribution >= 0.6 is 11.6 Å². The van der Waals surface area contributed by atoms with E-state index in [0.29, 0.717) is 10.9 Å². The van der Waals surface area contributed by atoms with E-state index < -0.39 is 0 Å². The van der Waals surface area contributed by atoms with Gasteiger partial charge in [0.05, 0.1) is 28.4 Å². The molecule has 4 nitrogen and oxygen atoms in total. The lowest BCUT2D eigenvalue weighted by molar-refractivity contribution is -0.160. The van der Waals surface area contributed by atoms with Crippen molar-refractivity contribution in [3.63, 3.8) is 0 Å². The Morgan fingerprint density at radius 3 is 2.35 bits per heavy atom. The molecule has 1 aliphatic heterocycles. The van der Waals surface area contributed by atoms with Gasteiger partial charge in [-0.05, 0) is 69.1 Å². The average molecular weight is 376 g/mol. The van der Waals surface area contributed by atoms with Crippen molar-refractivity contribution in [2.75, 3.05) is 6.54 Å². The maximum atomic E-state index is 14.0. The van der Waals surface area contributed by atoms with Crippen LogP contribution in [0.3, 0.4) is 0 Å². The van der Waals surface area contributed by atoms with Gasteiger partial charge in [0.1, 0.15) is 0 Å². The Labute approximate surface area is 161 Å². The fourth-order valence-electron chi connectivity index (χ4n) is 7.11. The van der Waals surface area contributed by atoms with Crippen molar-refractivity contribution in [3.8, 4) is 0 Å². The Hall–Kier alpha value is -1.03. The van der Waals surface area contributed by atoms with Crippen LogP contribution in [0, 0.1) is 23.2 Å². The Bertz CT molecular complexity index is 657. The monoisotopic (exact) mass is 375 g/mol. The van der Waals surface area contributed by atoms with Crippen molar-refractivity contribution >= 4 is 17.5 Å². The summed E-state index contributed by atoms with van der Waals surface area (Å²) >= 11 is 6.50. The zero-order chi connectivity index (χ0) is 17.9. The molecule has 5 aliphatic rings. The molecular weight excluding hydrogens is 346 g/mol. The molecule has 0 aromatic carbocycles. The Morgan fingerprint density at radius 2 is 1.77 bits per heavy atom. The lowest BCUT2D eigenvalue weighted by Gasteiger charge is -2.57. The predicted octanol–water partition coefficient (Wildman–Crippen LogP) is 4.73. The summed E-state index contributed by atoms with van der Waals surface area (Å²) in [4.78, 5) is 16.2. The Balaban J connectivity index is 1.49. The van der Waals surface area contributed by atoms with Crippen LogP contribution in [0.5, 0.6) is 0 Å². The SMILES string of the molecule is Cn1ncc(Cl)c1[C@@H]1CCCCCN1C(=O)C12CC3CC(CC(C3)C1)C2. The van der Waals surface area contributed by atoms with Crippen LogP contribution in [0.1, 0.15) is 75.9 Å². The fraction of sp³-hybridized carbons (Fsp3) is 0.810. The molecule has 0 radical (unpaired) electrons. The number of rotatable bonds is 2. The highest BCUT2D eigenvalue weighted by atomic mass is 35.5. The normalized spacial score (nSPS) is 39.2. The number of aromatic nitrogens is 2. The van der Waals surface area contributed by atoms with Gasteiger partial charge in [0.2, 0.25) is 5.91 Å². The summed E-state index contributed by atoms with van der Waals surface area (Å²) in [6.07, 6.45) is 13.8. The molecule has 5 heteroatoms. The third-order valence-corrected chi connectivity index (χ3v) is 8.05. The third-order valence-electron chi connectivity index (χ3n) is 7.76. The molecule has 26 heavy (non-hydrogen) atoms. The van der Waals surface area contributed by atoms with Gasteiger partial charge in [0.25, 0.3) is 0 Å². The number of hydrogen-bond acceptors (Lipinski definition) is 2. The molecule has 1 saturated heterocycles. The quantitative estimate of drug-likeness (QED) is 0.749. The summed E-state index contributed by atoms with van der Waals surface area (Å²) in [6, 6.07) is 0.0954. The summed E-state index contributed by atoms with van der Waals surface area (Å²) in [5.74, 6) is 2.85. The first kappa shape index (κ1) is 17.1. The maximum Gasteiger partial charge on any atom is 0.229 e. The number of carbonyl (C=O) groups is 1. The van der Waals surface area contributed by atoms with Crippen molar-refractivity contribution in [1.82, 2.24) is 14.7 Å². The van der Waals surface area contributed by atoms with Crippen LogP contribution in [0.25, 0.3) is 0 Å². The minimum Gasteiger partial charge on any atom is -0.334 e. The number of hydrogen-bond donors (Lipinski definition) is 0. The molecule has 4 aliphatic carbocycles. The summed E-state index contributed by atoms with van der Waals surface area (Å²) in [5.41, 5.74) is 0.967. The Kier molecular flexibility index (Phi) is 4.11. The van der Waals surface area contributed by atoms with Gasteiger partial charge in [-0.15, -0.1) is 0 Å². The first-order chi connectivity index (χ1) is 12.6. The summed E-state index contributed by atoms with van der Waals surface area (Å²) in [7, 11) is 1.96. The minimum atomic E-state index is -0.0671. The largest absolute Gasteiger partial charge is 0.334 e. The van der Waals surface area contributed by atoms with E-state index in [1.54, 1.807) is 6.20 Å². The van der Waals surface area contributed by atoms with E-state index >= 15 is 0 Å². The fourth-order valence-corrected chi connectivity index (χ4v) is 7.40.